The van der Waals surface area contributed by atoms with E-state index in [1.54, 1.807) is 6.08 Å². The van der Waals surface area contributed by atoms with Gasteiger partial charge >= 0.3 is 0 Å². The van der Waals surface area contributed by atoms with Crippen molar-refractivity contribution in [1.29, 1.82) is 0 Å². The van der Waals surface area contributed by atoms with Gasteiger partial charge in [-0.05, 0) is 32.1 Å². The van der Waals surface area contributed by atoms with Gasteiger partial charge in [0.25, 0.3) is 0 Å². The van der Waals surface area contributed by atoms with Gasteiger partial charge in [-0.2, -0.15) is 0 Å². The summed E-state index contributed by atoms with van der Waals surface area (Å²) in [5.41, 5.74) is 0. The fourth-order valence-corrected chi connectivity index (χ4v) is 14.9. The molecule has 12 N–H and O–H groups in total. The monoisotopic (exact) mass is 1470 g/mol. The molecule has 0 radical (unpaired) electrons. The van der Waals surface area contributed by atoms with Crippen LogP contribution in [0.3, 0.4) is 0 Å². The van der Waals surface area contributed by atoms with Crippen LogP contribution in [0.15, 0.2) is 24.3 Å². The van der Waals surface area contributed by atoms with E-state index in [0.717, 1.165) is 38.5 Å². The van der Waals surface area contributed by atoms with Gasteiger partial charge in [0.15, 0.2) is 18.9 Å². The number of carbonyl (C=O) groups excluding carboxylic acids is 1. The Labute approximate surface area is 626 Å². The Morgan fingerprint density at radius 3 is 0.971 bits per heavy atom. The molecule has 3 aliphatic rings. The minimum atomic E-state index is -1.98. The van der Waals surface area contributed by atoms with Gasteiger partial charge in [0, 0.05) is 6.42 Å². The molecule has 3 aliphatic heterocycles. The zero-order valence-corrected chi connectivity index (χ0v) is 65.3. The van der Waals surface area contributed by atoms with Gasteiger partial charge in [-0.3, -0.25) is 4.79 Å². The van der Waals surface area contributed by atoms with E-state index in [2.05, 4.69) is 31.3 Å². The first-order chi connectivity index (χ1) is 50.3. The second-order valence-corrected chi connectivity index (χ2v) is 31.0. The second kappa shape index (κ2) is 65.0. The summed E-state index contributed by atoms with van der Waals surface area (Å²) in [4.78, 5) is 13.5. The van der Waals surface area contributed by atoms with Crippen LogP contribution in [0.5, 0.6) is 0 Å². The number of allylic oxidation sites excluding steroid dienone is 3. The molecule has 17 unspecified atom stereocenters. The van der Waals surface area contributed by atoms with Crippen molar-refractivity contribution in [3.05, 3.63) is 24.3 Å². The number of aliphatic hydroxyl groups is 11. The number of hydrogen-bond acceptors (Lipinski definition) is 18. The molecule has 19 heteroatoms. The van der Waals surface area contributed by atoms with E-state index in [9.17, 15) is 61.0 Å². The summed E-state index contributed by atoms with van der Waals surface area (Å²) in [6.45, 7) is 1.79. The molecular formula is C84H159NO18. The molecule has 3 heterocycles. The Morgan fingerprint density at radius 1 is 0.340 bits per heavy atom. The average Bonchev–Trinajstić information content (AvgIpc) is 0.780. The van der Waals surface area contributed by atoms with Gasteiger partial charge in [-0.25, -0.2) is 0 Å². The van der Waals surface area contributed by atoms with Crippen molar-refractivity contribution < 1.29 is 89.4 Å². The maximum Gasteiger partial charge on any atom is 0.220 e. The molecule has 0 spiro atoms. The highest BCUT2D eigenvalue weighted by Gasteiger charge is 2.54. The predicted molar refractivity (Wildman–Crippen MR) is 411 cm³/mol. The molecule has 19 nitrogen and oxygen atoms in total. The molecule has 0 aromatic carbocycles. The molecular weight excluding hydrogens is 1310 g/mol. The molecule has 0 aliphatic carbocycles. The maximum atomic E-state index is 13.5. The zero-order chi connectivity index (χ0) is 74.6. The van der Waals surface area contributed by atoms with Gasteiger partial charge in [0.2, 0.25) is 5.91 Å². The lowest BCUT2D eigenvalue weighted by molar-refractivity contribution is -0.379. The SMILES string of the molecule is CCCCCCCCCCCCCCCCCCCC/C=C/CC/C=C/C(O)C(COC1OC(CO)C(OC2OC(CO)C(OC3OC(CO)C(O)C(O)C3O)C(O)C2O)C(O)C1O)NC(=O)CCCCCCCCCCCCCCCCCCCCCCCCCCCCCCCCCCCC. The van der Waals surface area contributed by atoms with Gasteiger partial charge in [0.1, 0.15) is 73.2 Å². The summed E-state index contributed by atoms with van der Waals surface area (Å²) < 4.78 is 34.5. The third-order valence-corrected chi connectivity index (χ3v) is 21.8. The Hall–Kier alpha value is -1.73. The highest BCUT2D eigenvalue weighted by atomic mass is 16.8. The number of unbranched alkanes of at least 4 members (excludes halogenated alkanes) is 52. The van der Waals surface area contributed by atoms with Crippen molar-refractivity contribution in [1.82, 2.24) is 5.32 Å². The van der Waals surface area contributed by atoms with Crippen LogP contribution in [0.1, 0.15) is 373 Å². The molecule has 1 amide bonds. The van der Waals surface area contributed by atoms with Crippen LogP contribution in [-0.2, 0) is 33.2 Å². The van der Waals surface area contributed by atoms with Gasteiger partial charge in [-0.1, -0.05) is 359 Å². The van der Waals surface area contributed by atoms with E-state index in [1.165, 1.54) is 302 Å². The third kappa shape index (κ3) is 44.6. The predicted octanol–water partition coefficient (Wildman–Crippen LogP) is 15.3. The van der Waals surface area contributed by atoms with E-state index < -0.39 is 124 Å². The highest BCUT2D eigenvalue weighted by molar-refractivity contribution is 5.76. The Balaban J connectivity index is 1.34. The number of amides is 1. The first-order valence-corrected chi connectivity index (χ1v) is 43.1. The van der Waals surface area contributed by atoms with Crippen molar-refractivity contribution in [2.24, 2.45) is 0 Å². The molecule has 103 heavy (non-hydrogen) atoms. The van der Waals surface area contributed by atoms with Crippen LogP contribution in [0.2, 0.25) is 0 Å². The topological polar surface area (TPSA) is 307 Å². The van der Waals surface area contributed by atoms with E-state index in [4.69, 9.17) is 28.4 Å². The van der Waals surface area contributed by atoms with Gasteiger partial charge < -0.3 is 89.9 Å². The summed E-state index contributed by atoms with van der Waals surface area (Å²) in [6, 6.07) is -0.989. The summed E-state index contributed by atoms with van der Waals surface area (Å²) in [5.74, 6) is -0.276. The van der Waals surface area contributed by atoms with Crippen molar-refractivity contribution in [3.63, 3.8) is 0 Å². The van der Waals surface area contributed by atoms with Crippen molar-refractivity contribution >= 4 is 5.91 Å². The minimum absolute atomic E-state index is 0.241. The third-order valence-electron chi connectivity index (χ3n) is 21.8. The fourth-order valence-electron chi connectivity index (χ4n) is 14.9. The van der Waals surface area contributed by atoms with Crippen LogP contribution >= 0.6 is 0 Å². The highest BCUT2D eigenvalue weighted by Crippen LogP contribution is 2.33. The molecule has 0 bridgehead atoms. The molecule has 0 aromatic rings. The number of ether oxygens (including phenoxy) is 6. The van der Waals surface area contributed by atoms with Crippen molar-refractivity contribution in [3.8, 4) is 0 Å². The molecule has 0 aromatic heterocycles. The van der Waals surface area contributed by atoms with Crippen LogP contribution in [0.4, 0.5) is 0 Å². The van der Waals surface area contributed by atoms with Crippen LogP contribution in [0, 0.1) is 0 Å². The lowest BCUT2D eigenvalue weighted by atomic mass is 9.96. The lowest BCUT2D eigenvalue weighted by Crippen LogP contribution is -2.66. The van der Waals surface area contributed by atoms with Gasteiger partial charge in [0.05, 0.1) is 38.6 Å². The van der Waals surface area contributed by atoms with Crippen molar-refractivity contribution in [2.75, 3.05) is 26.4 Å². The van der Waals surface area contributed by atoms with Crippen LogP contribution < -0.4 is 5.32 Å². The van der Waals surface area contributed by atoms with E-state index in [1.807, 2.05) is 6.08 Å². The summed E-state index contributed by atoms with van der Waals surface area (Å²) in [7, 11) is 0. The summed E-state index contributed by atoms with van der Waals surface area (Å²) >= 11 is 0. The van der Waals surface area contributed by atoms with E-state index in [0.29, 0.717) is 12.8 Å². The number of hydrogen-bond donors (Lipinski definition) is 12. The quantitative estimate of drug-likeness (QED) is 0.0199. The number of nitrogens with one attached hydrogen (secondary N) is 1. The first-order valence-electron chi connectivity index (χ1n) is 43.1. The number of aliphatic hydroxyl groups excluding tert-OH is 11. The summed E-state index contributed by atoms with van der Waals surface area (Å²) in [5, 5.41) is 121. The number of carbonyl (C=O) groups is 1. The largest absolute Gasteiger partial charge is 0.394 e. The molecule has 608 valence electrons. The Kier molecular flexibility index (Phi) is 60.3. The van der Waals surface area contributed by atoms with E-state index in [-0.39, 0.29) is 18.9 Å². The normalized spacial score (nSPS) is 26.1. The minimum Gasteiger partial charge on any atom is -0.394 e. The lowest BCUT2D eigenvalue weighted by Gasteiger charge is -2.48. The number of rotatable bonds is 70. The van der Waals surface area contributed by atoms with Crippen LogP contribution in [0.25, 0.3) is 0 Å². The Morgan fingerprint density at radius 2 is 0.621 bits per heavy atom. The molecule has 3 saturated heterocycles. The first kappa shape index (κ1) is 95.5. The maximum absolute atomic E-state index is 13.5. The molecule has 3 rings (SSSR count). The molecule has 3 fully saturated rings. The van der Waals surface area contributed by atoms with Crippen LogP contribution in [-0.4, -0.2) is 193 Å². The second-order valence-electron chi connectivity index (χ2n) is 31.0. The molecule has 17 atom stereocenters. The zero-order valence-electron chi connectivity index (χ0n) is 65.3. The summed E-state index contributed by atoms with van der Waals surface area (Å²) in [6.07, 6.45) is 53.4. The smallest absolute Gasteiger partial charge is 0.220 e. The standard InChI is InChI=1S/C84H159NO18/c1-3-5-7-9-11-13-15-17-19-21-23-25-27-29-30-31-32-33-34-35-36-37-38-40-42-44-46-48-50-52-54-56-58-60-62-72(90)85-67(68(89)61-59-57-55-53-51-49-47-45-43-41-39-28-26-24-22-20-18-16-14-12-10-8-6-4-2)66-98-82-78(96)75(93)80(70(64-87)100-82)103-84-79(97)76(94)81(71(65-88)101-84)102-83-77(95)74(92)73(91)69(63-86)99-83/h51,53,59,61,67-71,73-84,86-89,91-97H,3-50,52,54-58,60,62-66H2,1-2H3,(H,85,90)/b53-51+,61-59+. The molecule has 0 saturated carbocycles. The van der Waals surface area contributed by atoms with Crippen molar-refractivity contribution in [2.45, 2.75) is 478 Å². The Bertz CT molecular complexity index is 1950. The van der Waals surface area contributed by atoms with Gasteiger partial charge in [-0.15, -0.1) is 0 Å². The fraction of sp³-hybridized carbons (Fsp3) is 0.940. The van der Waals surface area contributed by atoms with E-state index >= 15 is 0 Å². The average molecular weight is 1470 g/mol.